The summed E-state index contributed by atoms with van der Waals surface area (Å²) in [7, 11) is 0. The summed E-state index contributed by atoms with van der Waals surface area (Å²) in [5.74, 6) is 0. The zero-order valence-electron chi connectivity index (χ0n) is 1.54. The first-order chi connectivity index (χ1) is 0. The van der Waals surface area contributed by atoms with E-state index in [4.69, 9.17) is 0 Å². The maximum atomic E-state index is 0. The molecule has 0 rings (SSSR count). The Kier molecular flexibility index (Phi) is 1910. The molecule has 0 unspecified atom stereocenters. The van der Waals surface area contributed by atoms with Crippen LogP contribution in [0.3, 0.4) is 0 Å². The van der Waals surface area contributed by atoms with E-state index in [2.05, 4.69) is 0 Å². The van der Waals surface area contributed by atoms with Crippen molar-refractivity contribution in [2.24, 2.45) is 0 Å². The van der Waals surface area contributed by atoms with Crippen molar-refractivity contribution in [2.45, 2.75) is 0 Å². The maximum absolute atomic E-state index is 0. The van der Waals surface area contributed by atoms with Crippen LogP contribution < -0.4 is 14.1 Å². The van der Waals surface area contributed by atoms with Crippen LogP contribution in [0.25, 0.3) is 0 Å². The summed E-state index contributed by atoms with van der Waals surface area (Å²) in [5.41, 5.74) is 0. The Hall–Kier alpha value is 0.686. The summed E-state index contributed by atoms with van der Waals surface area (Å²) in [6.07, 6.45) is 0. The molecule has 0 N–H and O–H groups in total. The van der Waals surface area contributed by atoms with Crippen LogP contribution in [0.5, 0.6) is 0 Å². The molecule has 0 saturated heterocycles. The Bertz CT molecular complexity index is 3.25. The van der Waals surface area contributed by atoms with Crippen molar-refractivity contribution in [1.82, 2.24) is 0 Å². The van der Waals surface area contributed by atoms with Crippen molar-refractivity contribution in [2.75, 3.05) is 0 Å². The molecule has 0 aromatic carbocycles. The maximum Gasteiger partial charge on any atom is 0 e. The molecule has 30 valence electrons. The molecule has 0 aromatic rings. The van der Waals surface area contributed by atoms with Gasteiger partial charge in [0.2, 0.25) is 0 Å². The van der Waals surface area contributed by atoms with Crippen molar-refractivity contribution in [1.29, 1.82) is 0 Å². The first kappa shape index (κ1) is 135. The summed E-state index contributed by atoms with van der Waals surface area (Å²) < 4.78 is 0. The number of hydrogen-bond acceptors (Lipinski definition) is 0. The summed E-state index contributed by atoms with van der Waals surface area (Å²) in [6.45, 7) is 0. The molecule has 0 amide bonds. The molecule has 0 aromatic heterocycles. The van der Waals surface area contributed by atoms with Crippen LogP contribution in [0, 0.1) is 0 Å². The fourth-order valence-corrected chi connectivity index (χ4v) is 0. The van der Waals surface area contributed by atoms with E-state index >= 15 is 0 Å². The summed E-state index contributed by atoms with van der Waals surface area (Å²) in [5, 5.41) is 0. The van der Waals surface area contributed by atoms with Gasteiger partial charge in [0.15, 0.2) is 0 Å². The molecular weight excluding hydrogens is 266 g/mol. The van der Waals surface area contributed by atoms with Gasteiger partial charge in [0.05, 0.1) is 0 Å². The van der Waals surface area contributed by atoms with Gasteiger partial charge in [0.25, 0.3) is 0 Å². The molecule has 0 nitrogen and oxygen atoms in total. The predicted molar refractivity (Wildman–Crippen MR) is 5.75 cm³/mol. The number of halogens is 3. The van der Waals surface area contributed by atoms with Gasteiger partial charge in [-0.2, -0.15) is 0 Å². The smallest absolute Gasteiger partial charge is 0 e. The molecule has 0 aliphatic heterocycles. The van der Waals surface area contributed by atoms with E-state index in [1.165, 1.54) is 0 Å². The fraction of sp³-hybridized carbons (Fsp3) is 0. The molecule has 2 radical (unpaired) electrons. The van der Waals surface area contributed by atoms with Gasteiger partial charge in [0.1, 0.15) is 0 Å². The van der Waals surface area contributed by atoms with Gasteiger partial charge < -0.3 is 14.1 Å². The second kappa shape index (κ2) is 56.5. The van der Waals surface area contributed by atoms with Gasteiger partial charge in [-0.3, -0.25) is 0 Å². The Morgan fingerprint density at radius 1 is 0.500 bits per heavy atom. The quantitative estimate of drug-likeness (QED) is 0.408. The van der Waals surface area contributed by atoms with Gasteiger partial charge in [0, 0.05) is 26.6 Å². The normalized spacial score (nSPS) is 0. The van der Waals surface area contributed by atoms with E-state index < -0.39 is 0 Å². The molecule has 0 aliphatic rings. The van der Waals surface area contributed by atoms with E-state index in [-0.39, 0.29) is 40.7 Å². The van der Waals surface area contributed by atoms with Crippen LogP contribution in [0.15, 0.2) is 0 Å². The molecule has 0 bridgehead atoms. The molecule has 0 fully saturated rings. The minimum atomic E-state index is 0. The second-order valence-electron chi connectivity index (χ2n) is 0. The second-order valence-corrected chi connectivity index (χ2v) is 0. The van der Waals surface area contributed by atoms with Crippen LogP contribution in [-0.2, 0) is 0 Å². The summed E-state index contributed by atoms with van der Waals surface area (Å²) in [6, 6.07) is 0. The van der Waals surface area contributed by atoms with Crippen LogP contribution in [0.2, 0.25) is 0 Å². The molecule has 0 atom stereocenters. The standard InChI is InChI=1S/3FH.Po/h3*1H;/p-3. The Balaban J connectivity index is 0. The summed E-state index contributed by atoms with van der Waals surface area (Å²) in [4.78, 5) is 0. The zero-order chi connectivity index (χ0) is 0. The molecule has 0 saturated carbocycles. The van der Waals surface area contributed by atoms with Gasteiger partial charge in [-0.25, -0.2) is 0 Å². The Morgan fingerprint density at radius 2 is 0.500 bits per heavy atom. The summed E-state index contributed by atoms with van der Waals surface area (Å²) >= 11 is 0. The first-order valence-corrected chi connectivity index (χ1v) is 0. The van der Waals surface area contributed by atoms with Crippen molar-refractivity contribution < 1.29 is 14.1 Å². The Morgan fingerprint density at radius 3 is 0.500 bits per heavy atom. The Labute approximate surface area is 41.1 Å². The fourth-order valence-electron chi connectivity index (χ4n) is 0. The molecule has 4 heavy (non-hydrogen) atoms. The molecule has 4 heteroatoms. The van der Waals surface area contributed by atoms with Gasteiger partial charge >= 0.3 is 0 Å². The third-order valence-electron chi connectivity index (χ3n) is 0. The molecular formula is F3Po-3. The largest absolute Gasteiger partial charge is 1.00 e. The van der Waals surface area contributed by atoms with Crippen molar-refractivity contribution in [3.8, 4) is 0 Å². The molecule has 0 heterocycles. The van der Waals surface area contributed by atoms with Crippen molar-refractivity contribution in [3.63, 3.8) is 0 Å². The predicted octanol–water partition coefficient (Wildman–Crippen LogP) is -9.37. The van der Waals surface area contributed by atoms with Gasteiger partial charge in [-0.05, 0) is 0 Å². The number of hydrogen-bond donors (Lipinski definition) is 0. The van der Waals surface area contributed by atoms with Gasteiger partial charge in [-0.1, -0.05) is 0 Å². The first-order valence-electron chi connectivity index (χ1n) is 0. The van der Waals surface area contributed by atoms with Gasteiger partial charge in [-0.15, -0.1) is 0 Å². The topological polar surface area (TPSA) is 0 Å². The van der Waals surface area contributed by atoms with Crippen molar-refractivity contribution >= 4 is 26.6 Å². The monoisotopic (exact) mass is 266 g/mol. The average Bonchev–Trinajstić information content (AvgIpc) is 0. The van der Waals surface area contributed by atoms with E-state index in [9.17, 15) is 0 Å². The van der Waals surface area contributed by atoms with E-state index in [1.54, 1.807) is 0 Å². The molecule has 0 aliphatic carbocycles. The van der Waals surface area contributed by atoms with E-state index in [1.807, 2.05) is 0 Å². The third-order valence-corrected chi connectivity index (χ3v) is 0. The third kappa shape index (κ3) is 16.2. The van der Waals surface area contributed by atoms with E-state index in [0.717, 1.165) is 0 Å². The average molecular weight is 266 g/mol. The SMILES string of the molecule is [F-].[F-].[F-].[Po]. The van der Waals surface area contributed by atoms with E-state index in [0.29, 0.717) is 0 Å². The van der Waals surface area contributed by atoms with Crippen molar-refractivity contribution in [3.05, 3.63) is 0 Å². The minimum absolute atomic E-state index is 0. The van der Waals surface area contributed by atoms with Crippen LogP contribution in [0.1, 0.15) is 0 Å². The zero-order valence-corrected chi connectivity index (χ0v) is 4.72. The van der Waals surface area contributed by atoms with Crippen LogP contribution >= 0.6 is 0 Å². The minimum Gasteiger partial charge on any atom is -1.00 e. The number of rotatable bonds is 0. The molecule has 0 spiro atoms. The van der Waals surface area contributed by atoms with Crippen LogP contribution in [-0.4, -0.2) is 26.6 Å². The van der Waals surface area contributed by atoms with Crippen LogP contribution in [0.4, 0.5) is 0 Å².